The lowest BCUT2D eigenvalue weighted by Crippen LogP contribution is -1.94. The van der Waals surface area contributed by atoms with Gasteiger partial charge in [-0.05, 0) is 59.9 Å². The van der Waals surface area contributed by atoms with E-state index in [1.165, 1.54) is 5.56 Å². The molecule has 0 bridgehead atoms. The summed E-state index contributed by atoms with van der Waals surface area (Å²) in [5, 5.41) is 0. The number of aliphatic imine (C=N–C) groups is 1. The molecule has 0 N–H and O–H groups in total. The van der Waals surface area contributed by atoms with Gasteiger partial charge in [0.25, 0.3) is 0 Å². The highest BCUT2D eigenvalue weighted by Crippen LogP contribution is 2.19. The normalized spacial score (nSPS) is 11.2. The summed E-state index contributed by atoms with van der Waals surface area (Å²) in [6.45, 7) is 7.25. The van der Waals surface area contributed by atoms with Gasteiger partial charge in [0, 0.05) is 6.21 Å². The first kappa shape index (κ1) is 15.3. The van der Waals surface area contributed by atoms with Crippen molar-refractivity contribution in [1.29, 1.82) is 0 Å². The van der Waals surface area contributed by atoms with Crippen molar-refractivity contribution in [3.8, 4) is 5.75 Å². The lowest BCUT2D eigenvalue weighted by Gasteiger charge is -2.05. The quantitative estimate of drug-likeness (QED) is 0.654. The molecular formula is C19H23NO. The Balaban J connectivity index is 2.00. The molecule has 0 saturated heterocycles. The van der Waals surface area contributed by atoms with Crippen molar-refractivity contribution in [2.45, 2.75) is 33.1 Å². The third-order valence-corrected chi connectivity index (χ3v) is 3.28. The SMILES string of the molecule is CCCOc1ccc(C=Nc2ccc(C(C)C)cc2)cc1. The summed E-state index contributed by atoms with van der Waals surface area (Å²) in [6.07, 6.45) is 2.91. The van der Waals surface area contributed by atoms with Gasteiger partial charge in [0.05, 0.1) is 12.3 Å². The van der Waals surface area contributed by atoms with Crippen LogP contribution in [-0.2, 0) is 0 Å². The fourth-order valence-electron chi connectivity index (χ4n) is 1.96. The van der Waals surface area contributed by atoms with E-state index >= 15 is 0 Å². The van der Waals surface area contributed by atoms with Gasteiger partial charge < -0.3 is 4.74 Å². The Morgan fingerprint density at radius 3 is 2.24 bits per heavy atom. The molecule has 0 fully saturated rings. The van der Waals surface area contributed by atoms with Crippen LogP contribution in [0.15, 0.2) is 53.5 Å². The van der Waals surface area contributed by atoms with E-state index in [4.69, 9.17) is 4.74 Å². The van der Waals surface area contributed by atoms with Gasteiger partial charge in [-0.15, -0.1) is 0 Å². The third-order valence-electron chi connectivity index (χ3n) is 3.28. The van der Waals surface area contributed by atoms with Gasteiger partial charge >= 0.3 is 0 Å². The first-order valence-electron chi connectivity index (χ1n) is 7.56. The van der Waals surface area contributed by atoms with Crippen molar-refractivity contribution in [1.82, 2.24) is 0 Å². The maximum atomic E-state index is 5.56. The average molecular weight is 281 g/mol. The molecule has 0 saturated carbocycles. The number of benzene rings is 2. The summed E-state index contributed by atoms with van der Waals surface area (Å²) in [6, 6.07) is 16.4. The van der Waals surface area contributed by atoms with Crippen LogP contribution in [0.1, 0.15) is 44.2 Å². The maximum Gasteiger partial charge on any atom is 0.119 e. The maximum absolute atomic E-state index is 5.56. The first-order valence-corrected chi connectivity index (χ1v) is 7.56. The average Bonchev–Trinajstić information content (AvgIpc) is 2.52. The lowest BCUT2D eigenvalue weighted by atomic mass is 10.0. The van der Waals surface area contributed by atoms with E-state index in [2.05, 4.69) is 50.0 Å². The molecule has 0 aliphatic carbocycles. The fraction of sp³-hybridized carbons (Fsp3) is 0.316. The van der Waals surface area contributed by atoms with Crippen LogP contribution in [0.3, 0.4) is 0 Å². The Labute approximate surface area is 127 Å². The molecule has 0 aromatic heterocycles. The van der Waals surface area contributed by atoms with Gasteiger partial charge in [0.15, 0.2) is 0 Å². The van der Waals surface area contributed by atoms with Crippen LogP contribution in [0.5, 0.6) is 5.75 Å². The summed E-state index contributed by atoms with van der Waals surface area (Å²) in [5.41, 5.74) is 3.39. The number of ether oxygens (including phenoxy) is 1. The zero-order chi connectivity index (χ0) is 15.1. The molecule has 0 heterocycles. The van der Waals surface area contributed by atoms with Crippen molar-refractivity contribution >= 4 is 11.9 Å². The number of hydrogen-bond donors (Lipinski definition) is 0. The molecule has 2 aromatic rings. The Morgan fingerprint density at radius 1 is 1.00 bits per heavy atom. The van der Waals surface area contributed by atoms with E-state index in [1.54, 1.807) is 0 Å². The predicted octanol–water partition coefficient (Wildman–Crippen LogP) is 5.35. The molecule has 0 unspecified atom stereocenters. The second kappa shape index (κ2) is 7.63. The van der Waals surface area contributed by atoms with Crippen molar-refractivity contribution in [3.63, 3.8) is 0 Å². The number of nitrogens with zero attached hydrogens (tertiary/aromatic N) is 1. The lowest BCUT2D eigenvalue weighted by molar-refractivity contribution is 0.317. The molecule has 0 radical (unpaired) electrons. The Kier molecular flexibility index (Phi) is 5.56. The van der Waals surface area contributed by atoms with Crippen LogP contribution in [0.4, 0.5) is 5.69 Å². The molecular weight excluding hydrogens is 258 g/mol. The molecule has 0 atom stereocenters. The standard InChI is InChI=1S/C19H23NO/c1-4-13-21-19-11-5-16(6-12-19)14-20-18-9-7-17(8-10-18)15(2)3/h5-12,14-15H,4,13H2,1-3H3. The summed E-state index contributed by atoms with van der Waals surface area (Å²) >= 11 is 0. The van der Waals surface area contributed by atoms with Gasteiger partial charge in [-0.2, -0.15) is 0 Å². The van der Waals surface area contributed by atoms with E-state index in [0.717, 1.165) is 30.0 Å². The highest BCUT2D eigenvalue weighted by molar-refractivity contribution is 5.82. The highest BCUT2D eigenvalue weighted by Gasteiger charge is 1.98. The summed E-state index contributed by atoms with van der Waals surface area (Å²) in [4.78, 5) is 4.50. The van der Waals surface area contributed by atoms with Gasteiger partial charge in [0.1, 0.15) is 5.75 Å². The van der Waals surface area contributed by atoms with E-state index in [-0.39, 0.29) is 0 Å². The number of hydrogen-bond acceptors (Lipinski definition) is 2. The van der Waals surface area contributed by atoms with Gasteiger partial charge in [-0.25, -0.2) is 0 Å². The van der Waals surface area contributed by atoms with E-state index in [1.807, 2.05) is 30.5 Å². The smallest absolute Gasteiger partial charge is 0.119 e. The van der Waals surface area contributed by atoms with Crippen molar-refractivity contribution < 1.29 is 4.74 Å². The molecule has 0 aliphatic rings. The van der Waals surface area contributed by atoms with E-state index < -0.39 is 0 Å². The monoisotopic (exact) mass is 281 g/mol. The predicted molar refractivity (Wildman–Crippen MR) is 90.0 cm³/mol. The summed E-state index contributed by atoms with van der Waals surface area (Å²) < 4.78 is 5.56. The van der Waals surface area contributed by atoms with Crippen LogP contribution in [0.2, 0.25) is 0 Å². The van der Waals surface area contributed by atoms with Crippen molar-refractivity contribution in [2.24, 2.45) is 4.99 Å². The van der Waals surface area contributed by atoms with E-state index in [0.29, 0.717) is 5.92 Å². The van der Waals surface area contributed by atoms with Crippen LogP contribution >= 0.6 is 0 Å². The molecule has 2 nitrogen and oxygen atoms in total. The first-order chi connectivity index (χ1) is 10.2. The van der Waals surface area contributed by atoms with Crippen LogP contribution in [-0.4, -0.2) is 12.8 Å². The van der Waals surface area contributed by atoms with Gasteiger partial charge in [-0.1, -0.05) is 32.9 Å². The molecule has 2 heteroatoms. The van der Waals surface area contributed by atoms with Crippen LogP contribution < -0.4 is 4.74 Å². The zero-order valence-corrected chi connectivity index (χ0v) is 13.0. The molecule has 0 spiro atoms. The molecule has 2 rings (SSSR count). The zero-order valence-electron chi connectivity index (χ0n) is 13.0. The Bertz CT molecular complexity index is 568. The second-order valence-electron chi connectivity index (χ2n) is 5.42. The minimum atomic E-state index is 0.554. The molecule has 110 valence electrons. The third kappa shape index (κ3) is 4.75. The van der Waals surface area contributed by atoms with Crippen molar-refractivity contribution in [2.75, 3.05) is 6.61 Å². The van der Waals surface area contributed by atoms with E-state index in [9.17, 15) is 0 Å². The second-order valence-corrected chi connectivity index (χ2v) is 5.42. The number of rotatable bonds is 6. The minimum Gasteiger partial charge on any atom is -0.494 e. The summed E-state index contributed by atoms with van der Waals surface area (Å²) in [5.74, 6) is 1.47. The highest BCUT2D eigenvalue weighted by atomic mass is 16.5. The molecule has 0 aliphatic heterocycles. The molecule has 0 amide bonds. The fourth-order valence-corrected chi connectivity index (χ4v) is 1.96. The van der Waals surface area contributed by atoms with Crippen LogP contribution in [0.25, 0.3) is 0 Å². The van der Waals surface area contributed by atoms with Crippen molar-refractivity contribution in [3.05, 3.63) is 59.7 Å². The minimum absolute atomic E-state index is 0.554. The Hall–Kier alpha value is -2.09. The largest absolute Gasteiger partial charge is 0.494 e. The summed E-state index contributed by atoms with van der Waals surface area (Å²) in [7, 11) is 0. The topological polar surface area (TPSA) is 21.6 Å². The van der Waals surface area contributed by atoms with Crippen LogP contribution in [0, 0.1) is 0 Å². The van der Waals surface area contributed by atoms with Gasteiger partial charge in [0.2, 0.25) is 0 Å². The van der Waals surface area contributed by atoms with Gasteiger partial charge in [-0.3, -0.25) is 4.99 Å². The Morgan fingerprint density at radius 2 is 1.67 bits per heavy atom. The molecule has 21 heavy (non-hydrogen) atoms. The molecule has 2 aromatic carbocycles.